The second-order valence-electron chi connectivity index (χ2n) is 7.48. The number of hydrogen-bond donors (Lipinski definition) is 0. The van der Waals surface area contributed by atoms with Crippen molar-refractivity contribution in [2.45, 2.75) is 20.4 Å². The molecule has 1 saturated heterocycles. The molecule has 0 N–H and O–H groups in total. The van der Waals surface area contributed by atoms with E-state index >= 15 is 4.39 Å². The second kappa shape index (κ2) is 8.63. The smallest absolute Gasteiger partial charge is 0.256 e. The number of aromatic nitrogens is 4. The van der Waals surface area contributed by atoms with E-state index in [1.54, 1.807) is 30.9 Å². The van der Waals surface area contributed by atoms with Crippen LogP contribution in [0.4, 0.5) is 10.2 Å². The van der Waals surface area contributed by atoms with Crippen molar-refractivity contribution in [3.63, 3.8) is 0 Å². The summed E-state index contributed by atoms with van der Waals surface area (Å²) in [6.45, 7) is 5.10. The van der Waals surface area contributed by atoms with Gasteiger partial charge in [-0.3, -0.25) is 14.2 Å². The van der Waals surface area contributed by atoms with Crippen LogP contribution in [-0.2, 0) is 11.3 Å². The standard InChI is InChI=1S/C22H23FN6O2/c1-15-16(2)26-14-29(22(15)31)12-18(30)27-8-10-28(11-9-27)21-19(23)20(24-13-25-21)17-6-4-3-5-7-17/h3-7,13-14H,8-12H2,1-2H3. The number of amides is 1. The summed E-state index contributed by atoms with van der Waals surface area (Å²) in [4.78, 5) is 40.9. The van der Waals surface area contributed by atoms with Crippen LogP contribution in [-0.4, -0.2) is 56.5 Å². The normalized spacial score (nSPS) is 14.0. The van der Waals surface area contributed by atoms with E-state index in [2.05, 4.69) is 15.0 Å². The van der Waals surface area contributed by atoms with Gasteiger partial charge in [-0.25, -0.2) is 19.3 Å². The number of hydrogen-bond acceptors (Lipinski definition) is 6. The van der Waals surface area contributed by atoms with E-state index in [0.29, 0.717) is 43.0 Å². The molecule has 0 spiro atoms. The molecule has 1 aromatic carbocycles. The molecule has 0 atom stereocenters. The lowest BCUT2D eigenvalue weighted by atomic mass is 10.1. The van der Waals surface area contributed by atoms with Gasteiger partial charge in [0.15, 0.2) is 11.6 Å². The molecule has 31 heavy (non-hydrogen) atoms. The van der Waals surface area contributed by atoms with Crippen LogP contribution >= 0.6 is 0 Å². The summed E-state index contributed by atoms with van der Waals surface area (Å²) >= 11 is 0. The number of piperazine rings is 1. The molecule has 160 valence electrons. The van der Waals surface area contributed by atoms with Gasteiger partial charge in [0.05, 0.1) is 6.33 Å². The Bertz CT molecular complexity index is 1160. The fourth-order valence-corrected chi connectivity index (χ4v) is 3.58. The molecule has 1 aliphatic heterocycles. The summed E-state index contributed by atoms with van der Waals surface area (Å²) in [5.74, 6) is -0.406. The van der Waals surface area contributed by atoms with Crippen molar-refractivity contribution in [3.8, 4) is 11.3 Å². The lowest BCUT2D eigenvalue weighted by Gasteiger charge is -2.35. The predicted molar refractivity (Wildman–Crippen MR) is 114 cm³/mol. The summed E-state index contributed by atoms with van der Waals surface area (Å²) in [5.41, 5.74) is 1.92. The fourth-order valence-electron chi connectivity index (χ4n) is 3.58. The van der Waals surface area contributed by atoms with Gasteiger partial charge in [0, 0.05) is 43.0 Å². The number of aryl methyl sites for hydroxylation is 1. The van der Waals surface area contributed by atoms with Crippen molar-refractivity contribution in [1.29, 1.82) is 0 Å². The third-order valence-electron chi connectivity index (χ3n) is 5.57. The molecule has 1 fully saturated rings. The van der Waals surface area contributed by atoms with Gasteiger partial charge in [-0.15, -0.1) is 0 Å². The number of carbonyl (C=O) groups is 1. The van der Waals surface area contributed by atoms with Gasteiger partial charge < -0.3 is 9.80 Å². The zero-order valence-corrected chi connectivity index (χ0v) is 17.5. The van der Waals surface area contributed by atoms with E-state index in [0.717, 1.165) is 0 Å². The lowest BCUT2D eigenvalue weighted by Crippen LogP contribution is -2.50. The Hall–Kier alpha value is -3.62. The number of carbonyl (C=O) groups excluding carboxylic acids is 1. The fraction of sp³-hybridized carbons (Fsp3) is 0.318. The Morgan fingerprint density at radius 2 is 1.74 bits per heavy atom. The monoisotopic (exact) mass is 422 g/mol. The maximum absolute atomic E-state index is 15.1. The predicted octanol–water partition coefficient (Wildman–Crippen LogP) is 1.81. The molecule has 8 nitrogen and oxygen atoms in total. The molecule has 3 aromatic rings. The van der Waals surface area contributed by atoms with E-state index < -0.39 is 5.82 Å². The largest absolute Gasteiger partial charge is 0.351 e. The van der Waals surface area contributed by atoms with Gasteiger partial charge >= 0.3 is 0 Å². The Morgan fingerprint density at radius 1 is 1.03 bits per heavy atom. The average molecular weight is 422 g/mol. The Morgan fingerprint density at radius 3 is 2.45 bits per heavy atom. The topological polar surface area (TPSA) is 84.2 Å². The molecule has 1 amide bonds. The summed E-state index contributed by atoms with van der Waals surface area (Å²) in [6.07, 6.45) is 2.76. The quantitative estimate of drug-likeness (QED) is 0.638. The number of nitrogens with zero attached hydrogens (tertiary/aromatic N) is 6. The lowest BCUT2D eigenvalue weighted by molar-refractivity contribution is -0.132. The SMILES string of the molecule is Cc1ncn(CC(=O)N2CCN(c3ncnc(-c4ccccc4)c3F)CC2)c(=O)c1C. The summed E-state index contributed by atoms with van der Waals surface area (Å²) in [6, 6.07) is 9.13. The van der Waals surface area contributed by atoms with Crippen molar-refractivity contribution < 1.29 is 9.18 Å². The van der Waals surface area contributed by atoms with Crippen LogP contribution in [0, 0.1) is 19.7 Å². The molecule has 0 radical (unpaired) electrons. The van der Waals surface area contributed by atoms with Crippen LogP contribution in [0.2, 0.25) is 0 Å². The minimum atomic E-state index is -0.471. The van der Waals surface area contributed by atoms with Crippen molar-refractivity contribution in [2.75, 3.05) is 31.1 Å². The average Bonchev–Trinajstić information content (AvgIpc) is 2.80. The van der Waals surface area contributed by atoms with E-state index in [9.17, 15) is 9.59 Å². The van der Waals surface area contributed by atoms with Crippen LogP contribution in [0.5, 0.6) is 0 Å². The van der Waals surface area contributed by atoms with Crippen LogP contribution < -0.4 is 10.5 Å². The molecule has 0 unspecified atom stereocenters. The zero-order chi connectivity index (χ0) is 22.0. The van der Waals surface area contributed by atoms with E-state index in [-0.39, 0.29) is 29.5 Å². The van der Waals surface area contributed by atoms with Crippen LogP contribution in [0.3, 0.4) is 0 Å². The Labute approximate surface area is 179 Å². The minimum Gasteiger partial charge on any atom is -0.351 e. The van der Waals surface area contributed by atoms with Crippen LogP contribution in [0.25, 0.3) is 11.3 Å². The third kappa shape index (κ3) is 4.16. The highest BCUT2D eigenvalue weighted by molar-refractivity contribution is 5.76. The molecule has 3 heterocycles. The van der Waals surface area contributed by atoms with E-state index in [1.807, 2.05) is 23.1 Å². The van der Waals surface area contributed by atoms with Gasteiger partial charge in [0.25, 0.3) is 5.56 Å². The number of rotatable bonds is 4. The minimum absolute atomic E-state index is 0.0625. The molecular weight excluding hydrogens is 399 g/mol. The first-order chi connectivity index (χ1) is 15.0. The second-order valence-corrected chi connectivity index (χ2v) is 7.48. The Kier molecular flexibility index (Phi) is 5.75. The molecule has 9 heteroatoms. The van der Waals surface area contributed by atoms with Crippen LogP contribution in [0.15, 0.2) is 47.8 Å². The zero-order valence-electron chi connectivity index (χ0n) is 17.5. The molecule has 0 saturated carbocycles. The van der Waals surface area contributed by atoms with Crippen molar-refractivity contribution in [3.05, 3.63) is 70.4 Å². The first-order valence-electron chi connectivity index (χ1n) is 10.1. The summed E-state index contributed by atoms with van der Waals surface area (Å²) in [5, 5.41) is 0. The highest BCUT2D eigenvalue weighted by Crippen LogP contribution is 2.26. The van der Waals surface area contributed by atoms with Gasteiger partial charge in [-0.2, -0.15) is 0 Å². The Balaban J connectivity index is 1.44. The van der Waals surface area contributed by atoms with E-state index in [1.165, 1.54) is 17.2 Å². The van der Waals surface area contributed by atoms with Crippen molar-refractivity contribution >= 4 is 11.7 Å². The number of benzene rings is 1. The van der Waals surface area contributed by atoms with Gasteiger partial charge in [-0.05, 0) is 13.8 Å². The van der Waals surface area contributed by atoms with Gasteiger partial charge in [0.2, 0.25) is 5.91 Å². The van der Waals surface area contributed by atoms with Crippen molar-refractivity contribution in [2.24, 2.45) is 0 Å². The molecule has 2 aromatic heterocycles. The van der Waals surface area contributed by atoms with E-state index in [4.69, 9.17) is 0 Å². The molecule has 0 bridgehead atoms. The molecule has 0 aliphatic carbocycles. The third-order valence-corrected chi connectivity index (χ3v) is 5.57. The first-order valence-corrected chi connectivity index (χ1v) is 10.1. The summed E-state index contributed by atoms with van der Waals surface area (Å²) < 4.78 is 16.4. The maximum atomic E-state index is 15.1. The number of anilines is 1. The highest BCUT2D eigenvalue weighted by Gasteiger charge is 2.25. The number of halogens is 1. The van der Waals surface area contributed by atoms with Gasteiger partial charge in [-0.1, -0.05) is 30.3 Å². The van der Waals surface area contributed by atoms with Gasteiger partial charge in [0.1, 0.15) is 18.6 Å². The molecule has 4 rings (SSSR count). The first kappa shape index (κ1) is 20.6. The molecule has 1 aliphatic rings. The molecular formula is C22H23FN6O2. The summed E-state index contributed by atoms with van der Waals surface area (Å²) in [7, 11) is 0. The maximum Gasteiger partial charge on any atom is 0.256 e. The van der Waals surface area contributed by atoms with Crippen molar-refractivity contribution in [1.82, 2.24) is 24.4 Å². The highest BCUT2D eigenvalue weighted by atomic mass is 19.1. The van der Waals surface area contributed by atoms with Crippen LogP contribution in [0.1, 0.15) is 11.3 Å².